The predicted molar refractivity (Wildman–Crippen MR) is 185 cm³/mol. The molecule has 1 amide bonds. The van der Waals surface area contributed by atoms with Crippen molar-refractivity contribution in [3.63, 3.8) is 0 Å². The molecule has 6 rings (SSSR count). The number of benzene rings is 3. The van der Waals surface area contributed by atoms with Crippen LogP contribution in [0.2, 0.25) is 13.1 Å². The first-order valence-electron chi connectivity index (χ1n) is 16.3. The van der Waals surface area contributed by atoms with E-state index in [4.69, 9.17) is 0 Å². The fourth-order valence-corrected chi connectivity index (χ4v) is 10.7. The van der Waals surface area contributed by atoms with Crippen LogP contribution < -0.4 is 30.4 Å². The standard InChI is InChI=1S/C38H48N3OSi/c1-9-11-19-39(6)37(42)29-16-13-12-15-28(29)36-30-18-17-27(40-20-14-21-40)22-34(30)43(7,8)35-24-33-31(23-32(35)36)26(3)25-38(4,5)41(33)10-2/h12-13,15-18,22-25H,9-11,14,19-21H2,1-8H3/q+1. The lowest BCUT2D eigenvalue weighted by molar-refractivity contribution is 0.0793. The first-order valence-corrected chi connectivity index (χ1v) is 19.3. The van der Waals surface area contributed by atoms with Crippen LogP contribution in [0.25, 0.3) is 11.1 Å². The van der Waals surface area contributed by atoms with Gasteiger partial charge in [0.1, 0.15) is 14.6 Å². The Balaban J connectivity index is 1.72. The Bertz CT molecular complexity index is 1780. The van der Waals surface area contributed by atoms with E-state index in [9.17, 15) is 4.79 Å². The molecular formula is C38H48N3OSi+. The fraction of sp³-hybridized carbons (Fsp3) is 0.421. The highest BCUT2D eigenvalue weighted by Gasteiger charge is 2.39. The molecule has 0 spiro atoms. The van der Waals surface area contributed by atoms with Gasteiger partial charge in [0.05, 0.1) is 0 Å². The fourth-order valence-electron chi connectivity index (χ4n) is 7.63. The van der Waals surface area contributed by atoms with Gasteiger partial charge in [-0.3, -0.25) is 4.79 Å². The zero-order chi connectivity index (χ0) is 30.7. The van der Waals surface area contributed by atoms with E-state index in [-0.39, 0.29) is 11.4 Å². The van der Waals surface area contributed by atoms with E-state index >= 15 is 0 Å². The number of nitrogens with zero attached hydrogens (tertiary/aromatic N) is 3. The summed E-state index contributed by atoms with van der Waals surface area (Å²) in [6.45, 7) is 20.4. The maximum absolute atomic E-state index is 14.0. The van der Waals surface area contributed by atoms with E-state index in [1.807, 2.05) is 24.1 Å². The summed E-state index contributed by atoms with van der Waals surface area (Å²) in [6.07, 6.45) is 5.76. The maximum atomic E-state index is 14.0. The number of rotatable bonds is 7. The van der Waals surface area contributed by atoms with Crippen LogP contribution in [0, 0.1) is 0 Å². The lowest BCUT2D eigenvalue weighted by Crippen LogP contribution is -2.65. The molecule has 3 aromatic rings. The van der Waals surface area contributed by atoms with Crippen molar-refractivity contribution in [3.8, 4) is 0 Å². The van der Waals surface area contributed by atoms with Crippen molar-refractivity contribution in [2.45, 2.75) is 72.5 Å². The molecule has 224 valence electrons. The Kier molecular flexibility index (Phi) is 7.53. The molecule has 0 aromatic heterocycles. The van der Waals surface area contributed by atoms with Gasteiger partial charge in [-0.15, -0.1) is 0 Å². The molecule has 3 aliphatic rings. The minimum atomic E-state index is -2.12. The van der Waals surface area contributed by atoms with Gasteiger partial charge in [0.2, 0.25) is 5.36 Å². The lowest BCUT2D eigenvalue weighted by Gasteiger charge is -2.38. The minimum absolute atomic E-state index is 0.0440. The summed E-state index contributed by atoms with van der Waals surface area (Å²) in [5, 5.41) is 5.60. The zero-order valence-corrected chi connectivity index (χ0v) is 28.5. The van der Waals surface area contributed by atoms with Crippen molar-refractivity contribution in [1.82, 2.24) is 9.48 Å². The van der Waals surface area contributed by atoms with Crippen molar-refractivity contribution >= 4 is 41.2 Å². The van der Waals surface area contributed by atoms with Crippen LogP contribution in [0.5, 0.6) is 0 Å². The quantitative estimate of drug-likeness (QED) is 0.290. The topological polar surface area (TPSA) is 26.6 Å². The molecule has 5 heteroatoms. The third-order valence-electron chi connectivity index (χ3n) is 10.2. The summed E-state index contributed by atoms with van der Waals surface area (Å²) in [6, 6.07) is 20.5. The number of hydrogen-bond acceptors (Lipinski definition) is 2. The molecular weight excluding hydrogens is 543 g/mol. The van der Waals surface area contributed by atoms with Crippen LogP contribution in [0.3, 0.4) is 0 Å². The van der Waals surface area contributed by atoms with Gasteiger partial charge < -0.3 is 9.80 Å². The molecule has 43 heavy (non-hydrogen) atoms. The van der Waals surface area contributed by atoms with E-state index in [0.29, 0.717) is 0 Å². The average molecular weight is 591 g/mol. The smallest absolute Gasteiger partial charge is 0.254 e. The first-order chi connectivity index (χ1) is 20.5. The van der Waals surface area contributed by atoms with E-state index < -0.39 is 8.07 Å². The number of carbonyl (C=O) groups excluding carboxylic acids is 1. The van der Waals surface area contributed by atoms with Crippen molar-refractivity contribution < 1.29 is 4.79 Å². The highest BCUT2D eigenvalue weighted by Crippen LogP contribution is 2.31. The van der Waals surface area contributed by atoms with Gasteiger partial charge in [-0.2, -0.15) is 0 Å². The molecule has 1 fully saturated rings. The van der Waals surface area contributed by atoms with Crippen LogP contribution in [-0.2, 0) is 0 Å². The Labute approximate surface area is 259 Å². The molecule has 0 bridgehead atoms. The van der Waals surface area contributed by atoms with E-state index in [2.05, 4.69) is 106 Å². The number of carbonyl (C=O) groups is 1. The van der Waals surface area contributed by atoms with Gasteiger partial charge in [-0.25, -0.2) is 4.58 Å². The third kappa shape index (κ3) is 4.80. The van der Waals surface area contributed by atoms with Crippen molar-refractivity contribution in [3.05, 3.63) is 93.5 Å². The van der Waals surface area contributed by atoms with Gasteiger partial charge in [-0.1, -0.05) is 50.7 Å². The molecule has 0 N–H and O–H groups in total. The zero-order valence-electron chi connectivity index (χ0n) is 27.5. The number of anilines is 1. The van der Waals surface area contributed by atoms with Gasteiger partial charge in [0, 0.05) is 63.4 Å². The molecule has 3 aromatic carbocycles. The van der Waals surface area contributed by atoms with Gasteiger partial charge in [0.15, 0.2) is 5.54 Å². The van der Waals surface area contributed by atoms with Crippen LogP contribution in [0.15, 0.2) is 60.7 Å². The van der Waals surface area contributed by atoms with E-state index in [1.54, 1.807) is 0 Å². The summed E-state index contributed by atoms with van der Waals surface area (Å²) in [5.74, 6) is 0.104. The maximum Gasteiger partial charge on any atom is 0.254 e. The first kappa shape index (κ1) is 29.6. The summed E-state index contributed by atoms with van der Waals surface area (Å²) in [5.41, 5.74) is 8.29. The van der Waals surface area contributed by atoms with Crippen LogP contribution in [0.4, 0.5) is 5.69 Å². The summed E-state index contributed by atoms with van der Waals surface area (Å²) in [4.78, 5) is 18.4. The number of hydrogen-bond donors (Lipinski definition) is 0. The SMILES string of the molecule is CCCCN(C)C(=O)c1ccccc1C1=c2cc3c(cc2[Si](C)(C)c2cc(N4CCC4)ccc21)=[N+](CC)C(C)(C)C=C3C. The molecule has 1 saturated heterocycles. The largest absolute Gasteiger partial charge is 0.371 e. The normalized spacial score (nSPS) is 17.9. The second kappa shape index (κ2) is 10.9. The van der Waals surface area contributed by atoms with Crippen LogP contribution in [0.1, 0.15) is 80.9 Å². The lowest BCUT2D eigenvalue weighted by atomic mass is 9.88. The molecule has 0 radical (unpaired) electrons. The van der Waals surface area contributed by atoms with Gasteiger partial charge >= 0.3 is 0 Å². The van der Waals surface area contributed by atoms with E-state index in [1.165, 1.54) is 55.3 Å². The van der Waals surface area contributed by atoms with Crippen molar-refractivity contribution in [2.24, 2.45) is 0 Å². The average Bonchev–Trinajstić information content (AvgIpc) is 2.94. The predicted octanol–water partition coefficient (Wildman–Crippen LogP) is 4.86. The molecule has 0 unspecified atom stereocenters. The number of amides is 1. The third-order valence-corrected chi connectivity index (χ3v) is 13.7. The second-order valence-corrected chi connectivity index (χ2v) is 18.2. The minimum Gasteiger partial charge on any atom is -0.371 e. The molecule has 0 saturated carbocycles. The summed E-state index contributed by atoms with van der Waals surface area (Å²) in [7, 11) is -0.168. The summed E-state index contributed by atoms with van der Waals surface area (Å²) < 4.78 is 2.56. The highest BCUT2D eigenvalue weighted by molar-refractivity contribution is 7.01. The van der Waals surface area contributed by atoms with Crippen LogP contribution in [-0.4, -0.2) is 57.6 Å². The van der Waals surface area contributed by atoms with Gasteiger partial charge in [0.25, 0.3) is 5.91 Å². The monoisotopic (exact) mass is 590 g/mol. The Morgan fingerprint density at radius 3 is 2.40 bits per heavy atom. The number of likely N-dealkylation sites (N-methyl/N-ethyl adjacent to an activating group) is 1. The van der Waals surface area contributed by atoms with Gasteiger partial charge in [-0.05, 0) is 94.9 Å². The van der Waals surface area contributed by atoms with Crippen LogP contribution >= 0.6 is 0 Å². The Morgan fingerprint density at radius 2 is 1.72 bits per heavy atom. The molecule has 3 heterocycles. The molecule has 4 nitrogen and oxygen atoms in total. The molecule has 0 atom stereocenters. The second-order valence-electron chi connectivity index (χ2n) is 13.8. The number of fused-ring (bicyclic) bond motifs is 3. The molecule has 0 aliphatic carbocycles. The number of unbranched alkanes of at least 4 members (excludes halogenated alkanes) is 1. The highest BCUT2D eigenvalue weighted by atomic mass is 28.3. The Morgan fingerprint density at radius 1 is 0.977 bits per heavy atom. The van der Waals surface area contributed by atoms with E-state index in [0.717, 1.165) is 50.1 Å². The van der Waals surface area contributed by atoms with Crippen molar-refractivity contribution in [1.29, 1.82) is 0 Å². The Hall–Kier alpha value is -3.44. The molecule has 3 aliphatic heterocycles. The summed E-state index contributed by atoms with van der Waals surface area (Å²) >= 11 is 0. The number of allylic oxidation sites excluding steroid dienone is 1. The van der Waals surface area contributed by atoms with Crippen molar-refractivity contribution in [2.75, 3.05) is 38.1 Å².